The zero-order chi connectivity index (χ0) is 15.6. The minimum Gasteiger partial charge on any atom is -0.368 e. The third kappa shape index (κ3) is 3.05. The maximum absolute atomic E-state index is 6.14. The van der Waals surface area contributed by atoms with E-state index in [9.17, 15) is 0 Å². The van der Waals surface area contributed by atoms with Crippen molar-refractivity contribution in [1.82, 2.24) is 10.6 Å². The fraction of sp³-hybridized carbons (Fsp3) is 0.278. The Labute approximate surface area is 141 Å². The Hall–Kier alpha value is -2.04. The number of para-hydroxylation sites is 1. The van der Waals surface area contributed by atoms with E-state index in [4.69, 9.17) is 16.6 Å². The van der Waals surface area contributed by atoms with Crippen LogP contribution in [0.1, 0.15) is 18.4 Å². The van der Waals surface area contributed by atoms with Crippen molar-refractivity contribution < 1.29 is 0 Å². The van der Waals surface area contributed by atoms with Crippen LogP contribution >= 0.6 is 11.6 Å². The molecule has 3 N–H and O–H groups in total. The molecule has 2 aromatic rings. The van der Waals surface area contributed by atoms with Crippen molar-refractivity contribution in [3.8, 4) is 0 Å². The van der Waals surface area contributed by atoms with Crippen molar-refractivity contribution in [2.75, 3.05) is 18.4 Å². The molecule has 0 aliphatic carbocycles. The number of nitrogens with one attached hydrogen (secondary N) is 3. The molecule has 0 saturated carbocycles. The Bertz CT molecular complexity index is 750. The van der Waals surface area contributed by atoms with E-state index in [2.05, 4.69) is 28.1 Å². The standard InChI is InChI=1S/C18H19ClN4/c19-12-7-8-16-17(10-12)23-18(21-11-13-4-3-9-20-13)14-5-1-2-6-15(14)22-16/h1-2,5-8,10,13,20,22H,3-4,9,11H2,(H,21,23). The van der Waals surface area contributed by atoms with E-state index in [0.29, 0.717) is 11.1 Å². The van der Waals surface area contributed by atoms with Gasteiger partial charge in [-0.25, -0.2) is 4.99 Å². The van der Waals surface area contributed by atoms with Gasteiger partial charge in [-0.15, -0.1) is 0 Å². The second-order valence-corrected chi connectivity index (χ2v) is 6.40. The second kappa shape index (κ2) is 6.22. The van der Waals surface area contributed by atoms with Gasteiger partial charge in [0.25, 0.3) is 0 Å². The molecule has 0 bridgehead atoms. The summed E-state index contributed by atoms with van der Waals surface area (Å²) in [6.07, 6.45) is 2.46. The normalized spacial score (nSPS) is 19.2. The smallest absolute Gasteiger partial charge is 0.136 e. The van der Waals surface area contributed by atoms with Gasteiger partial charge in [0.15, 0.2) is 0 Å². The fourth-order valence-electron chi connectivity index (χ4n) is 3.11. The van der Waals surface area contributed by atoms with Crippen LogP contribution in [0.25, 0.3) is 0 Å². The first-order valence-electron chi connectivity index (χ1n) is 8.01. The largest absolute Gasteiger partial charge is 0.368 e. The molecule has 23 heavy (non-hydrogen) atoms. The number of anilines is 2. The minimum absolute atomic E-state index is 0.514. The molecule has 0 radical (unpaired) electrons. The molecule has 2 heterocycles. The molecule has 5 heteroatoms. The van der Waals surface area contributed by atoms with E-state index < -0.39 is 0 Å². The molecule has 2 aliphatic rings. The zero-order valence-corrected chi connectivity index (χ0v) is 13.5. The lowest BCUT2D eigenvalue weighted by atomic mass is 10.1. The van der Waals surface area contributed by atoms with Gasteiger partial charge in [0.2, 0.25) is 0 Å². The van der Waals surface area contributed by atoms with Crippen LogP contribution in [-0.4, -0.2) is 25.0 Å². The first-order valence-corrected chi connectivity index (χ1v) is 8.39. The summed E-state index contributed by atoms with van der Waals surface area (Å²) in [5, 5.41) is 11.2. The SMILES string of the molecule is Clc1ccc2c(c1)N=C(NCC1CCCN1)c1ccccc1N2. The summed E-state index contributed by atoms with van der Waals surface area (Å²) >= 11 is 6.14. The van der Waals surface area contributed by atoms with Gasteiger partial charge in [0.1, 0.15) is 5.84 Å². The van der Waals surface area contributed by atoms with Crippen LogP contribution < -0.4 is 16.0 Å². The first-order chi connectivity index (χ1) is 11.3. The van der Waals surface area contributed by atoms with Gasteiger partial charge in [-0.3, -0.25) is 0 Å². The lowest BCUT2D eigenvalue weighted by Gasteiger charge is -2.15. The molecule has 2 aliphatic heterocycles. The molecule has 0 spiro atoms. The van der Waals surface area contributed by atoms with Crippen LogP contribution in [-0.2, 0) is 0 Å². The van der Waals surface area contributed by atoms with E-state index in [0.717, 1.165) is 41.6 Å². The third-order valence-corrected chi connectivity index (χ3v) is 4.56. The lowest BCUT2D eigenvalue weighted by molar-refractivity contribution is 0.589. The molecule has 2 aromatic carbocycles. The van der Waals surface area contributed by atoms with Gasteiger partial charge in [-0.1, -0.05) is 23.7 Å². The van der Waals surface area contributed by atoms with Crippen molar-refractivity contribution in [2.45, 2.75) is 18.9 Å². The molecule has 0 amide bonds. The van der Waals surface area contributed by atoms with Crippen molar-refractivity contribution >= 4 is 34.5 Å². The predicted molar refractivity (Wildman–Crippen MR) is 96.4 cm³/mol. The highest BCUT2D eigenvalue weighted by atomic mass is 35.5. The average molecular weight is 327 g/mol. The van der Waals surface area contributed by atoms with Gasteiger partial charge in [-0.05, 0) is 49.7 Å². The van der Waals surface area contributed by atoms with E-state index >= 15 is 0 Å². The Morgan fingerprint density at radius 2 is 2.09 bits per heavy atom. The van der Waals surface area contributed by atoms with Crippen LogP contribution in [0.4, 0.5) is 17.1 Å². The van der Waals surface area contributed by atoms with Crippen LogP contribution in [0.3, 0.4) is 0 Å². The number of benzene rings is 2. The quantitative estimate of drug-likeness (QED) is 0.786. The van der Waals surface area contributed by atoms with E-state index in [1.165, 1.54) is 12.8 Å². The van der Waals surface area contributed by atoms with E-state index in [1.54, 1.807) is 0 Å². The zero-order valence-electron chi connectivity index (χ0n) is 12.8. The highest BCUT2D eigenvalue weighted by Crippen LogP contribution is 2.35. The molecule has 1 saturated heterocycles. The van der Waals surface area contributed by atoms with Gasteiger partial charge < -0.3 is 16.0 Å². The summed E-state index contributed by atoms with van der Waals surface area (Å²) in [5.74, 6) is 0.891. The van der Waals surface area contributed by atoms with Crippen molar-refractivity contribution in [1.29, 1.82) is 0 Å². The summed E-state index contributed by atoms with van der Waals surface area (Å²) in [6.45, 7) is 1.98. The summed E-state index contributed by atoms with van der Waals surface area (Å²) in [4.78, 5) is 4.83. The predicted octanol–water partition coefficient (Wildman–Crippen LogP) is 3.82. The summed E-state index contributed by atoms with van der Waals surface area (Å²) in [7, 11) is 0. The number of hydrogen-bond acceptors (Lipinski definition) is 4. The summed E-state index contributed by atoms with van der Waals surface area (Å²) in [5.41, 5.74) is 3.96. The molecule has 1 atom stereocenters. The summed E-state index contributed by atoms with van der Waals surface area (Å²) < 4.78 is 0. The summed E-state index contributed by atoms with van der Waals surface area (Å²) in [6, 6.07) is 14.5. The molecule has 4 nitrogen and oxygen atoms in total. The molecular formula is C18H19ClN4. The maximum atomic E-state index is 6.14. The fourth-order valence-corrected chi connectivity index (χ4v) is 3.28. The highest BCUT2D eigenvalue weighted by molar-refractivity contribution is 6.31. The number of aliphatic imine (C=N–C) groups is 1. The molecule has 4 rings (SSSR count). The highest BCUT2D eigenvalue weighted by Gasteiger charge is 2.19. The van der Waals surface area contributed by atoms with Crippen LogP contribution in [0.15, 0.2) is 47.5 Å². The molecular weight excluding hydrogens is 308 g/mol. The maximum Gasteiger partial charge on any atom is 0.136 e. The van der Waals surface area contributed by atoms with Crippen LogP contribution in [0, 0.1) is 0 Å². The molecule has 0 aromatic heterocycles. The van der Waals surface area contributed by atoms with Gasteiger partial charge >= 0.3 is 0 Å². The lowest BCUT2D eigenvalue weighted by Crippen LogP contribution is -2.37. The van der Waals surface area contributed by atoms with E-state index in [-0.39, 0.29) is 0 Å². The monoisotopic (exact) mass is 326 g/mol. The number of nitrogens with zero attached hydrogens (tertiary/aromatic N) is 1. The topological polar surface area (TPSA) is 48.5 Å². The van der Waals surface area contributed by atoms with Crippen molar-refractivity contribution in [3.05, 3.63) is 53.1 Å². The third-order valence-electron chi connectivity index (χ3n) is 4.32. The van der Waals surface area contributed by atoms with Crippen LogP contribution in [0.2, 0.25) is 5.02 Å². The van der Waals surface area contributed by atoms with Crippen molar-refractivity contribution in [3.63, 3.8) is 0 Å². The first kappa shape index (κ1) is 14.5. The minimum atomic E-state index is 0.514. The van der Waals surface area contributed by atoms with Crippen molar-refractivity contribution in [2.24, 2.45) is 4.99 Å². The van der Waals surface area contributed by atoms with Gasteiger partial charge in [0, 0.05) is 28.9 Å². The Balaban J connectivity index is 1.70. The number of hydrogen-bond donors (Lipinski definition) is 3. The molecule has 1 unspecified atom stereocenters. The number of amidine groups is 1. The molecule has 1 fully saturated rings. The van der Waals surface area contributed by atoms with E-state index in [1.807, 2.05) is 30.3 Å². The van der Waals surface area contributed by atoms with Gasteiger partial charge in [0.05, 0.1) is 11.4 Å². The Morgan fingerprint density at radius 1 is 1.17 bits per heavy atom. The number of fused-ring (bicyclic) bond motifs is 2. The number of rotatable bonds is 2. The number of halogens is 1. The molecule has 118 valence electrons. The Kier molecular flexibility index (Phi) is 3.93. The second-order valence-electron chi connectivity index (χ2n) is 5.97. The van der Waals surface area contributed by atoms with Gasteiger partial charge in [-0.2, -0.15) is 0 Å². The van der Waals surface area contributed by atoms with Crippen LogP contribution in [0.5, 0.6) is 0 Å². The Morgan fingerprint density at radius 3 is 2.96 bits per heavy atom. The average Bonchev–Trinajstić information content (AvgIpc) is 3.02.